The first-order valence-electron chi connectivity index (χ1n) is 7.42. The van der Waals surface area contributed by atoms with Crippen LogP contribution in [0.4, 0.5) is 18.9 Å². The maximum Gasteiger partial charge on any atom is 0.261 e. The maximum absolute atomic E-state index is 14.4. The SMILES string of the molecule is Cc1nn(C)cc1-c1ccc(NC(=O)c2c(F)cccc2F)cc1F. The number of amides is 1. The summed E-state index contributed by atoms with van der Waals surface area (Å²) in [5.41, 5.74) is 0.982. The number of carbonyl (C=O) groups is 1. The van der Waals surface area contributed by atoms with Gasteiger partial charge in [-0.3, -0.25) is 9.48 Å². The van der Waals surface area contributed by atoms with E-state index in [1.807, 2.05) is 0 Å². The summed E-state index contributed by atoms with van der Waals surface area (Å²) in [5.74, 6) is -3.54. The molecule has 0 fully saturated rings. The summed E-state index contributed by atoms with van der Waals surface area (Å²) in [5, 5.41) is 6.45. The van der Waals surface area contributed by atoms with Crippen LogP contribution in [0, 0.1) is 24.4 Å². The molecule has 7 heteroatoms. The summed E-state index contributed by atoms with van der Waals surface area (Å²) < 4.78 is 43.2. The zero-order valence-corrected chi connectivity index (χ0v) is 13.5. The van der Waals surface area contributed by atoms with Gasteiger partial charge in [0.05, 0.1) is 5.69 Å². The molecule has 1 N–H and O–H groups in total. The molecule has 0 aliphatic carbocycles. The average Bonchev–Trinajstić information content (AvgIpc) is 2.85. The molecular weight excluding hydrogens is 331 g/mol. The first-order valence-corrected chi connectivity index (χ1v) is 7.42. The molecule has 1 heterocycles. The van der Waals surface area contributed by atoms with E-state index < -0.39 is 28.9 Å². The van der Waals surface area contributed by atoms with E-state index in [-0.39, 0.29) is 5.69 Å². The molecule has 0 unspecified atom stereocenters. The third-order valence-corrected chi connectivity index (χ3v) is 3.72. The van der Waals surface area contributed by atoms with Crippen molar-refractivity contribution in [1.29, 1.82) is 0 Å². The lowest BCUT2D eigenvalue weighted by atomic mass is 10.1. The number of carbonyl (C=O) groups excluding carboxylic acids is 1. The second-order valence-corrected chi connectivity index (χ2v) is 5.55. The number of rotatable bonds is 3. The molecule has 0 bridgehead atoms. The van der Waals surface area contributed by atoms with Crippen LogP contribution in [0.5, 0.6) is 0 Å². The number of nitrogens with zero attached hydrogens (tertiary/aromatic N) is 2. The Morgan fingerprint density at radius 1 is 1.04 bits per heavy atom. The number of halogens is 3. The van der Waals surface area contributed by atoms with E-state index in [0.29, 0.717) is 16.8 Å². The minimum Gasteiger partial charge on any atom is -0.322 e. The highest BCUT2D eigenvalue weighted by atomic mass is 19.1. The summed E-state index contributed by atoms with van der Waals surface area (Å²) in [6.07, 6.45) is 1.68. The van der Waals surface area contributed by atoms with Crippen LogP contribution in [0.1, 0.15) is 16.1 Å². The van der Waals surface area contributed by atoms with Gasteiger partial charge in [0.15, 0.2) is 0 Å². The van der Waals surface area contributed by atoms with Crippen molar-refractivity contribution in [3.05, 3.63) is 71.3 Å². The molecule has 0 aliphatic rings. The van der Waals surface area contributed by atoms with Gasteiger partial charge in [-0.15, -0.1) is 0 Å². The predicted molar refractivity (Wildman–Crippen MR) is 87.7 cm³/mol. The van der Waals surface area contributed by atoms with Crippen molar-refractivity contribution < 1.29 is 18.0 Å². The van der Waals surface area contributed by atoms with Crippen LogP contribution < -0.4 is 5.32 Å². The Balaban J connectivity index is 1.89. The van der Waals surface area contributed by atoms with Gasteiger partial charge in [-0.2, -0.15) is 5.10 Å². The Morgan fingerprint density at radius 2 is 1.72 bits per heavy atom. The number of nitrogens with one attached hydrogen (secondary N) is 1. The highest BCUT2D eigenvalue weighted by molar-refractivity contribution is 6.04. The summed E-state index contributed by atoms with van der Waals surface area (Å²) in [6.45, 7) is 1.76. The van der Waals surface area contributed by atoms with Crippen LogP contribution >= 0.6 is 0 Å². The normalized spacial score (nSPS) is 10.8. The van der Waals surface area contributed by atoms with Crippen LogP contribution in [0.2, 0.25) is 0 Å². The molecule has 1 amide bonds. The Bertz CT molecular complexity index is 946. The van der Waals surface area contributed by atoms with Crippen LogP contribution in [0.25, 0.3) is 11.1 Å². The van der Waals surface area contributed by atoms with Gasteiger partial charge >= 0.3 is 0 Å². The molecule has 2 aromatic carbocycles. The van der Waals surface area contributed by atoms with Crippen molar-refractivity contribution in [2.45, 2.75) is 6.92 Å². The van der Waals surface area contributed by atoms with Crippen LogP contribution in [0.15, 0.2) is 42.6 Å². The lowest BCUT2D eigenvalue weighted by molar-refractivity contribution is 0.101. The van der Waals surface area contributed by atoms with Gasteiger partial charge in [0.1, 0.15) is 23.0 Å². The standard InChI is InChI=1S/C18H14F3N3O/c1-10-13(9-24(2)23-10)12-7-6-11(8-16(12)21)22-18(25)17-14(19)4-3-5-15(17)20/h3-9H,1-2H3,(H,22,25). The molecule has 0 spiro atoms. The first kappa shape index (κ1) is 16.8. The van der Waals surface area contributed by atoms with E-state index in [0.717, 1.165) is 24.3 Å². The van der Waals surface area contributed by atoms with Crippen molar-refractivity contribution >= 4 is 11.6 Å². The Morgan fingerprint density at radius 3 is 2.28 bits per heavy atom. The molecule has 128 valence electrons. The molecule has 0 radical (unpaired) electrons. The molecule has 4 nitrogen and oxygen atoms in total. The van der Waals surface area contributed by atoms with Crippen molar-refractivity contribution in [2.75, 3.05) is 5.32 Å². The highest BCUT2D eigenvalue weighted by Gasteiger charge is 2.18. The van der Waals surface area contributed by atoms with Crippen molar-refractivity contribution in [3.63, 3.8) is 0 Å². The monoisotopic (exact) mass is 345 g/mol. The number of hydrogen-bond donors (Lipinski definition) is 1. The zero-order valence-electron chi connectivity index (χ0n) is 13.5. The second-order valence-electron chi connectivity index (χ2n) is 5.55. The van der Waals surface area contributed by atoms with E-state index in [9.17, 15) is 18.0 Å². The second kappa shape index (κ2) is 6.43. The smallest absolute Gasteiger partial charge is 0.261 e. The molecule has 3 rings (SSSR count). The fourth-order valence-electron chi connectivity index (χ4n) is 2.58. The van der Waals surface area contributed by atoms with Gasteiger partial charge in [-0.25, -0.2) is 13.2 Å². The van der Waals surface area contributed by atoms with Crippen molar-refractivity contribution in [2.24, 2.45) is 7.05 Å². The van der Waals surface area contributed by atoms with Gasteiger partial charge in [0.25, 0.3) is 5.91 Å². The van der Waals surface area contributed by atoms with E-state index in [4.69, 9.17) is 0 Å². The minimum absolute atomic E-state index is 0.0930. The van der Waals surface area contributed by atoms with Gasteiger partial charge in [-0.1, -0.05) is 6.07 Å². The van der Waals surface area contributed by atoms with Crippen molar-refractivity contribution in [1.82, 2.24) is 9.78 Å². The third kappa shape index (κ3) is 3.26. The minimum atomic E-state index is -0.986. The number of anilines is 1. The molecule has 0 atom stereocenters. The summed E-state index contributed by atoms with van der Waals surface area (Å²) in [6, 6.07) is 7.15. The summed E-state index contributed by atoms with van der Waals surface area (Å²) in [4.78, 5) is 12.1. The quantitative estimate of drug-likeness (QED) is 0.778. The lowest BCUT2D eigenvalue weighted by Crippen LogP contribution is -2.16. The molecule has 1 aromatic heterocycles. The van der Waals surface area contributed by atoms with Gasteiger partial charge in [0, 0.05) is 30.1 Å². The maximum atomic E-state index is 14.4. The van der Waals surface area contributed by atoms with E-state index >= 15 is 0 Å². The van der Waals surface area contributed by atoms with Crippen LogP contribution in [0.3, 0.4) is 0 Å². The van der Waals surface area contributed by atoms with E-state index in [2.05, 4.69) is 10.4 Å². The Hall–Kier alpha value is -3.09. The van der Waals surface area contributed by atoms with Gasteiger partial charge in [-0.05, 0) is 37.3 Å². The van der Waals surface area contributed by atoms with E-state index in [1.165, 1.54) is 12.1 Å². The fraction of sp³-hybridized carbons (Fsp3) is 0.111. The first-order chi connectivity index (χ1) is 11.9. The lowest BCUT2D eigenvalue weighted by Gasteiger charge is -2.09. The number of aromatic nitrogens is 2. The van der Waals surface area contributed by atoms with Gasteiger partial charge < -0.3 is 5.32 Å². The molecule has 3 aromatic rings. The summed E-state index contributed by atoms with van der Waals surface area (Å²) in [7, 11) is 1.73. The predicted octanol–water partition coefficient (Wildman–Crippen LogP) is 4.07. The molecule has 0 aliphatic heterocycles. The van der Waals surface area contributed by atoms with E-state index in [1.54, 1.807) is 24.9 Å². The fourth-order valence-corrected chi connectivity index (χ4v) is 2.58. The highest BCUT2D eigenvalue weighted by Crippen LogP contribution is 2.27. The molecule has 0 saturated carbocycles. The van der Waals surface area contributed by atoms with Crippen LogP contribution in [-0.2, 0) is 7.05 Å². The molecule has 25 heavy (non-hydrogen) atoms. The number of aryl methyl sites for hydroxylation is 2. The zero-order chi connectivity index (χ0) is 18.1. The van der Waals surface area contributed by atoms with Crippen molar-refractivity contribution in [3.8, 4) is 11.1 Å². The third-order valence-electron chi connectivity index (χ3n) is 3.72. The summed E-state index contributed by atoms with van der Waals surface area (Å²) >= 11 is 0. The van der Waals surface area contributed by atoms with Crippen LogP contribution in [-0.4, -0.2) is 15.7 Å². The largest absolute Gasteiger partial charge is 0.322 e. The number of hydrogen-bond acceptors (Lipinski definition) is 2. The number of benzene rings is 2. The Labute approximate surface area is 141 Å². The Kier molecular flexibility index (Phi) is 4.31. The van der Waals surface area contributed by atoms with Gasteiger partial charge in [0.2, 0.25) is 0 Å². The molecular formula is C18H14F3N3O. The topological polar surface area (TPSA) is 46.9 Å². The average molecular weight is 345 g/mol. The molecule has 0 saturated heterocycles.